The summed E-state index contributed by atoms with van der Waals surface area (Å²) in [5, 5.41) is 4.17. The van der Waals surface area contributed by atoms with Gasteiger partial charge in [0, 0.05) is 29.6 Å². The number of rotatable bonds is 4. The summed E-state index contributed by atoms with van der Waals surface area (Å²) in [6.07, 6.45) is 0. The smallest absolute Gasteiger partial charge is 0.0729 e. The van der Waals surface area contributed by atoms with Gasteiger partial charge in [-0.2, -0.15) is 11.3 Å². The fraction of sp³-hybridized carbons (Fsp3) is 0.231. The highest BCUT2D eigenvalue weighted by Crippen LogP contribution is 2.32. The van der Waals surface area contributed by atoms with Crippen molar-refractivity contribution in [3.8, 4) is 0 Å². The molecule has 18 heavy (non-hydrogen) atoms. The summed E-state index contributed by atoms with van der Waals surface area (Å²) in [4.78, 5) is 2.08. The molecule has 2 rings (SSSR count). The van der Waals surface area contributed by atoms with Gasteiger partial charge in [0.15, 0.2) is 0 Å². The van der Waals surface area contributed by atoms with Crippen LogP contribution in [0.15, 0.2) is 39.5 Å². The van der Waals surface area contributed by atoms with Crippen LogP contribution < -0.4 is 16.2 Å². The predicted octanol–water partition coefficient (Wildman–Crippen LogP) is 3.13. The maximum Gasteiger partial charge on any atom is 0.0729 e. The average molecular weight is 326 g/mol. The molecule has 0 aliphatic rings. The van der Waals surface area contributed by atoms with E-state index in [2.05, 4.69) is 61.3 Å². The second-order valence-corrected chi connectivity index (χ2v) is 5.86. The van der Waals surface area contributed by atoms with Crippen LogP contribution in [-0.2, 0) is 0 Å². The molecule has 1 aromatic heterocycles. The third-order valence-corrected chi connectivity index (χ3v) is 4.59. The Hall–Kier alpha value is -0.880. The minimum atomic E-state index is 0.00512. The summed E-state index contributed by atoms with van der Waals surface area (Å²) >= 11 is 5.22. The molecule has 0 saturated carbocycles. The van der Waals surface area contributed by atoms with E-state index in [1.807, 2.05) is 14.1 Å². The summed E-state index contributed by atoms with van der Waals surface area (Å²) in [6.45, 7) is 0. The van der Waals surface area contributed by atoms with Crippen molar-refractivity contribution in [1.29, 1.82) is 0 Å². The van der Waals surface area contributed by atoms with Gasteiger partial charge in [-0.05, 0) is 44.6 Å². The van der Waals surface area contributed by atoms with Crippen molar-refractivity contribution in [3.05, 3.63) is 50.6 Å². The van der Waals surface area contributed by atoms with Crippen molar-refractivity contribution >= 4 is 33.0 Å². The molecule has 0 fully saturated rings. The number of benzene rings is 1. The molecule has 0 spiro atoms. The number of nitrogens with one attached hydrogen (secondary N) is 1. The second-order valence-electron chi connectivity index (χ2n) is 4.26. The van der Waals surface area contributed by atoms with Crippen molar-refractivity contribution in [2.24, 2.45) is 5.84 Å². The monoisotopic (exact) mass is 325 g/mol. The first-order chi connectivity index (χ1) is 8.63. The van der Waals surface area contributed by atoms with Gasteiger partial charge in [0.05, 0.1) is 6.04 Å². The highest BCUT2D eigenvalue weighted by atomic mass is 79.9. The predicted molar refractivity (Wildman–Crippen MR) is 82.0 cm³/mol. The molecule has 0 aliphatic heterocycles. The van der Waals surface area contributed by atoms with E-state index in [4.69, 9.17) is 5.84 Å². The quantitative estimate of drug-likeness (QED) is 0.670. The molecule has 96 valence electrons. The molecule has 0 bridgehead atoms. The first-order valence-corrected chi connectivity index (χ1v) is 7.32. The van der Waals surface area contributed by atoms with Crippen LogP contribution in [0.25, 0.3) is 0 Å². The lowest BCUT2D eigenvalue weighted by Crippen LogP contribution is -2.28. The van der Waals surface area contributed by atoms with Gasteiger partial charge in [-0.1, -0.05) is 12.1 Å². The van der Waals surface area contributed by atoms with E-state index in [0.717, 1.165) is 10.0 Å². The number of hydrazine groups is 1. The standard InChI is InChI=1S/C13H16BrN3S/c1-17(2)10-5-3-4-9(6-10)13(16-15)11-7-18-8-12(11)14/h3-8,13,16H,15H2,1-2H3. The van der Waals surface area contributed by atoms with Gasteiger partial charge in [0.1, 0.15) is 0 Å². The van der Waals surface area contributed by atoms with Crippen molar-refractivity contribution in [2.75, 3.05) is 19.0 Å². The topological polar surface area (TPSA) is 41.3 Å². The van der Waals surface area contributed by atoms with E-state index in [1.54, 1.807) is 11.3 Å². The molecule has 1 heterocycles. The Morgan fingerprint density at radius 2 is 2.11 bits per heavy atom. The molecule has 0 saturated heterocycles. The maximum atomic E-state index is 5.71. The van der Waals surface area contributed by atoms with Crippen molar-refractivity contribution in [1.82, 2.24) is 5.43 Å². The Morgan fingerprint density at radius 1 is 1.33 bits per heavy atom. The van der Waals surface area contributed by atoms with Gasteiger partial charge in [0.25, 0.3) is 0 Å². The molecule has 2 aromatic rings. The first-order valence-electron chi connectivity index (χ1n) is 5.58. The molecule has 3 N–H and O–H groups in total. The number of hydrogen-bond acceptors (Lipinski definition) is 4. The molecular formula is C13H16BrN3S. The van der Waals surface area contributed by atoms with Crippen molar-refractivity contribution in [3.63, 3.8) is 0 Å². The summed E-state index contributed by atoms with van der Waals surface area (Å²) in [5.41, 5.74) is 6.37. The first kappa shape index (κ1) is 13.5. The molecule has 5 heteroatoms. The van der Waals surface area contributed by atoms with Gasteiger partial charge in [-0.3, -0.25) is 5.84 Å². The van der Waals surface area contributed by atoms with Crippen LogP contribution in [0, 0.1) is 0 Å². The van der Waals surface area contributed by atoms with Crippen LogP contribution in [0.1, 0.15) is 17.2 Å². The van der Waals surface area contributed by atoms with Crippen LogP contribution in [0.4, 0.5) is 5.69 Å². The van der Waals surface area contributed by atoms with Crippen LogP contribution in [0.3, 0.4) is 0 Å². The second kappa shape index (κ2) is 5.84. The zero-order valence-electron chi connectivity index (χ0n) is 10.4. The number of thiophene rings is 1. The minimum Gasteiger partial charge on any atom is -0.378 e. The lowest BCUT2D eigenvalue weighted by atomic mass is 10.0. The maximum absolute atomic E-state index is 5.71. The summed E-state index contributed by atoms with van der Waals surface area (Å²) in [7, 11) is 4.06. The van der Waals surface area contributed by atoms with E-state index in [1.165, 1.54) is 11.3 Å². The van der Waals surface area contributed by atoms with Gasteiger partial charge in [-0.25, -0.2) is 5.43 Å². The van der Waals surface area contributed by atoms with Crippen molar-refractivity contribution < 1.29 is 0 Å². The van der Waals surface area contributed by atoms with Gasteiger partial charge >= 0.3 is 0 Å². The van der Waals surface area contributed by atoms with Crippen LogP contribution in [-0.4, -0.2) is 14.1 Å². The van der Waals surface area contributed by atoms with Crippen LogP contribution in [0.5, 0.6) is 0 Å². The zero-order valence-corrected chi connectivity index (χ0v) is 12.8. The summed E-state index contributed by atoms with van der Waals surface area (Å²) in [6, 6.07) is 8.37. The SMILES string of the molecule is CN(C)c1cccc(C(NN)c2cscc2Br)c1. The molecule has 3 nitrogen and oxygen atoms in total. The molecule has 0 amide bonds. The minimum absolute atomic E-state index is 0.00512. The van der Waals surface area contributed by atoms with E-state index in [0.29, 0.717) is 0 Å². The molecule has 1 atom stereocenters. The normalized spacial score (nSPS) is 12.4. The lowest BCUT2D eigenvalue weighted by molar-refractivity contribution is 0.636. The van der Waals surface area contributed by atoms with Gasteiger partial charge < -0.3 is 4.90 Å². The van der Waals surface area contributed by atoms with Gasteiger partial charge in [0.2, 0.25) is 0 Å². The van der Waals surface area contributed by atoms with Crippen molar-refractivity contribution in [2.45, 2.75) is 6.04 Å². The number of halogens is 1. The summed E-state index contributed by atoms with van der Waals surface area (Å²) < 4.78 is 1.09. The fourth-order valence-corrected chi connectivity index (χ4v) is 3.40. The molecule has 1 aromatic carbocycles. The third kappa shape index (κ3) is 2.75. The van der Waals surface area contributed by atoms with E-state index in [9.17, 15) is 0 Å². The third-order valence-electron chi connectivity index (χ3n) is 2.84. The lowest BCUT2D eigenvalue weighted by Gasteiger charge is -2.19. The molecule has 0 aliphatic carbocycles. The molecule has 0 radical (unpaired) electrons. The number of hydrogen-bond donors (Lipinski definition) is 2. The van der Waals surface area contributed by atoms with Gasteiger partial charge in [-0.15, -0.1) is 0 Å². The molecule has 1 unspecified atom stereocenters. The number of nitrogens with two attached hydrogens (primary N) is 1. The van der Waals surface area contributed by atoms with Crippen LogP contribution >= 0.6 is 27.3 Å². The van der Waals surface area contributed by atoms with E-state index >= 15 is 0 Å². The largest absolute Gasteiger partial charge is 0.378 e. The number of anilines is 1. The Balaban J connectivity index is 2.39. The summed E-state index contributed by atoms with van der Waals surface area (Å²) in [5.74, 6) is 5.71. The molecular weight excluding hydrogens is 310 g/mol. The average Bonchev–Trinajstić information content (AvgIpc) is 2.77. The highest BCUT2D eigenvalue weighted by Gasteiger charge is 2.16. The fourth-order valence-electron chi connectivity index (χ4n) is 1.85. The van der Waals surface area contributed by atoms with E-state index < -0.39 is 0 Å². The highest BCUT2D eigenvalue weighted by molar-refractivity contribution is 9.10. The zero-order chi connectivity index (χ0) is 13.1. The number of nitrogens with zero attached hydrogens (tertiary/aromatic N) is 1. The van der Waals surface area contributed by atoms with Crippen LogP contribution in [0.2, 0.25) is 0 Å². The van der Waals surface area contributed by atoms with E-state index in [-0.39, 0.29) is 6.04 Å². The Bertz CT molecular complexity index is 524. The Kier molecular flexibility index (Phi) is 4.40. The Labute approximate surface area is 120 Å². The Morgan fingerprint density at radius 3 is 2.67 bits per heavy atom.